The second kappa shape index (κ2) is 8.83. The van der Waals surface area contributed by atoms with Crippen molar-refractivity contribution < 1.29 is 18.8 Å². The molecule has 0 aliphatic carbocycles. The fraction of sp³-hybridized carbons (Fsp3) is 0.200. The predicted molar refractivity (Wildman–Crippen MR) is 106 cm³/mol. The largest absolute Gasteiger partial charge is 0.364 e. The normalized spacial score (nSPS) is 10.8. The number of hydrogen-bond acceptors (Lipinski definition) is 4. The summed E-state index contributed by atoms with van der Waals surface area (Å²) in [4.78, 5) is 35.7. The van der Waals surface area contributed by atoms with Crippen LogP contribution >= 0.6 is 11.6 Å². The van der Waals surface area contributed by atoms with E-state index in [0.717, 1.165) is 0 Å². The van der Waals surface area contributed by atoms with Crippen LogP contribution in [0, 0.1) is 5.82 Å². The number of nitrogens with zero attached hydrogens (tertiary/aromatic N) is 2. The van der Waals surface area contributed by atoms with Crippen molar-refractivity contribution in [2.75, 3.05) is 6.54 Å². The lowest BCUT2D eigenvalue weighted by molar-refractivity contribution is -0.125. The van der Waals surface area contributed by atoms with Gasteiger partial charge in [-0.1, -0.05) is 41.9 Å². The number of amides is 2. The Morgan fingerprint density at radius 2 is 1.90 bits per heavy atom. The van der Waals surface area contributed by atoms with E-state index in [9.17, 15) is 18.8 Å². The fourth-order valence-electron chi connectivity index (χ4n) is 2.92. The zero-order chi connectivity index (χ0) is 21.0. The van der Waals surface area contributed by atoms with E-state index in [-0.39, 0.29) is 42.4 Å². The van der Waals surface area contributed by atoms with Gasteiger partial charge < -0.3 is 11.1 Å². The molecule has 0 unspecified atom stereocenters. The molecule has 0 spiro atoms. The first kappa shape index (κ1) is 20.5. The maximum absolute atomic E-state index is 13.8. The van der Waals surface area contributed by atoms with Crippen LogP contribution in [0.15, 0.2) is 42.5 Å². The molecule has 1 heterocycles. The highest BCUT2D eigenvalue weighted by Crippen LogP contribution is 2.19. The topological polar surface area (TPSA) is 107 Å². The lowest BCUT2D eigenvalue weighted by Crippen LogP contribution is -2.32. The highest BCUT2D eigenvalue weighted by Gasteiger charge is 2.16. The summed E-state index contributed by atoms with van der Waals surface area (Å²) >= 11 is 5.72. The quantitative estimate of drug-likeness (QED) is 0.587. The van der Waals surface area contributed by atoms with E-state index in [1.165, 1.54) is 10.7 Å². The Bertz CT molecular complexity index is 1100. The van der Waals surface area contributed by atoms with E-state index in [2.05, 4.69) is 10.4 Å². The van der Waals surface area contributed by atoms with Gasteiger partial charge in [0.2, 0.25) is 5.91 Å². The minimum atomic E-state index is -0.691. The first-order valence-electron chi connectivity index (χ1n) is 8.83. The summed E-state index contributed by atoms with van der Waals surface area (Å²) in [5, 5.41) is 7.16. The zero-order valence-corrected chi connectivity index (χ0v) is 16.1. The van der Waals surface area contributed by atoms with Crippen molar-refractivity contribution in [3.05, 3.63) is 64.6 Å². The van der Waals surface area contributed by atoms with Gasteiger partial charge in [0.15, 0.2) is 11.5 Å². The number of Topliss-reactive ketones (excluding diaryl/α,β-unsaturated/α-hetero) is 1. The third-order valence-corrected chi connectivity index (χ3v) is 4.66. The molecule has 3 aromatic rings. The van der Waals surface area contributed by atoms with Gasteiger partial charge in [-0.05, 0) is 24.1 Å². The lowest BCUT2D eigenvalue weighted by Gasteiger charge is -2.07. The van der Waals surface area contributed by atoms with Gasteiger partial charge in [-0.3, -0.25) is 19.1 Å². The van der Waals surface area contributed by atoms with Gasteiger partial charge in [-0.15, -0.1) is 0 Å². The van der Waals surface area contributed by atoms with Gasteiger partial charge in [0.1, 0.15) is 12.4 Å². The zero-order valence-electron chi connectivity index (χ0n) is 15.3. The molecule has 0 saturated heterocycles. The number of rotatable bonds is 8. The third-order valence-electron chi connectivity index (χ3n) is 4.37. The number of carbonyl (C=O) groups is 3. The Kier molecular flexibility index (Phi) is 6.23. The lowest BCUT2D eigenvalue weighted by atomic mass is 10.1. The van der Waals surface area contributed by atoms with Crippen molar-refractivity contribution >= 4 is 40.1 Å². The average Bonchev–Trinajstić information content (AvgIpc) is 3.06. The molecule has 29 heavy (non-hydrogen) atoms. The van der Waals surface area contributed by atoms with Crippen LogP contribution in [0.1, 0.15) is 22.5 Å². The first-order valence-corrected chi connectivity index (χ1v) is 9.21. The van der Waals surface area contributed by atoms with Crippen molar-refractivity contribution in [3.63, 3.8) is 0 Å². The summed E-state index contributed by atoms with van der Waals surface area (Å²) in [5.74, 6) is -1.93. The van der Waals surface area contributed by atoms with Crippen molar-refractivity contribution in [2.24, 2.45) is 5.73 Å². The van der Waals surface area contributed by atoms with Crippen LogP contribution < -0.4 is 11.1 Å². The molecule has 150 valence electrons. The summed E-state index contributed by atoms with van der Waals surface area (Å²) in [6, 6.07) is 11.5. The number of aromatic nitrogens is 2. The highest BCUT2D eigenvalue weighted by atomic mass is 35.5. The second-order valence-electron chi connectivity index (χ2n) is 6.42. The van der Waals surface area contributed by atoms with E-state index < -0.39 is 17.6 Å². The maximum atomic E-state index is 13.8. The summed E-state index contributed by atoms with van der Waals surface area (Å²) in [6.07, 6.45) is 0.251. The summed E-state index contributed by atoms with van der Waals surface area (Å²) < 4.78 is 15.2. The van der Waals surface area contributed by atoms with Gasteiger partial charge in [-0.2, -0.15) is 5.10 Å². The van der Waals surface area contributed by atoms with Crippen molar-refractivity contribution in [3.8, 4) is 0 Å². The molecule has 0 radical (unpaired) electrons. The molecule has 9 heteroatoms. The minimum absolute atomic E-state index is 0.00466. The van der Waals surface area contributed by atoms with Crippen molar-refractivity contribution in [1.29, 1.82) is 0 Å². The number of fused-ring (bicyclic) bond motifs is 1. The Morgan fingerprint density at radius 1 is 1.14 bits per heavy atom. The van der Waals surface area contributed by atoms with Gasteiger partial charge >= 0.3 is 0 Å². The standard InChI is InChI=1S/C20H18ClFN4O3/c21-15-6-3-4-12(18(15)22)8-9-13(27)10-24-17(28)11-26-16-7-2-1-5-14(16)19(25-26)20(23)29/h1-7H,8-11H2,(H2,23,29)(H,24,28). The molecule has 7 nitrogen and oxygen atoms in total. The van der Waals surface area contributed by atoms with Crippen LogP contribution in [0.5, 0.6) is 0 Å². The number of para-hydroxylation sites is 1. The Labute approximate surface area is 170 Å². The van der Waals surface area contributed by atoms with Crippen molar-refractivity contribution in [2.45, 2.75) is 19.4 Å². The number of halogens is 2. The Morgan fingerprint density at radius 3 is 2.66 bits per heavy atom. The molecule has 0 bridgehead atoms. The van der Waals surface area contributed by atoms with E-state index in [1.54, 1.807) is 36.4 Å². The predicted octanol–water partition coefficient (Wildman–Crippen LogP) is 2.25. The molecular weight excluding hydrogens is 399 g/mol. The molecule has 0 aliphatic rings. The summed E-state index contributed by atoms with van der Waals surface area (Å²) in [7, 11) is 0. The molecule has 0 saturated carbocycles. The van der Waals surface area contributed by atoms with E-state index in [1.807, 2.05) is 0 Å². The molecule has 2 aromatic carbocycles. The van der Waals surface area contributed by atoms with Gasteiger partial charge in [0.25, 0.3) is 5.91 Å². The van der Waals surface area contributed by atoms with E-state index in [0.29, 0.717) is 16.5 Å². The second-order valence-corrected chi connectivity index (χ2v) is 6.82. The molecular formula is C20H18ClFN4O3. The molecule has 2 amide bonds. The Balaban J connectivity index is 1.56. The Hall–Kier alpha value is -3.26. The van der Waals surface area contributed by atoms with Gasteiger partial charge in [0, 0.05) is 11.8 Å². The first-order chi connectivity index (χ1) is 13.9. The molecule has 1 aromatic heterocycles. The van der Waals surface area contributed by atoms with E-state index in [4.69, 9.17) is 17.3 Å². The molecule has 3 N–H and O–H groups in total. The van der Waals surface area contributed by atoms with Crippen LogP contribution in [0.4, 0.5) is 4.39 Å². The van der Waals surface area contributed by atoms with Crippen LogP contribution in [-0.4, -0.2) is 33.9 Å². The number of nitrogens with one attached hydrogen (secondary N) is 1. The fourth-order valence-corrected chi connectivity index (χ4v) is 3.12. The maximum Gasteiger partial charge on any atom is 0.269 e. The molecule has 0 aliphatic heterocycles. The number of hydrogen-bond donors (Lipinski definition) is 2. The number of nitrogens with two attached hydrogens (primary N) is 1. The molecule has 0 fully saturated rings. The van der Waals surface area contributed by atoms with Crippen LogP contribution in [-0.2, 0) is 22.6 Å². The monoisotopic (exact) mass is 416 g/mol. The number of aryl methyl sites for hydroxylation is 1. The average molecular weight is 417 g/mol. The third kappa shape index (κ3) is 4.78. The van der Waals surface area contributed by atoms with Crippen LogP contribution in [0.25, 0.3) is 10.9 Å². The number of ketones is 1. The molecule has 3 rings (SSSR count). The van der Waals surface area contributed by atoms with Gasteiger partial charge in [-0.25, -0.2) is 4.39 Å². The SMILES string of the molecule is NC(=O)c1nn(CC(=O)NCC(=O)CCc2cccc(Cl)c2F)c2ccccc12. The van der Waals surface area contributed by atoms with Crippen molar-refractivity contribution in [1.82, 2.24) is 15.1 Å². The summed E-state index contributed by atoms with van der Waals surface area (Å²) in [5.41, 5.74) is 6.33. The summed E-state index contributed by atoms with van der Waals surface area (Å²) in [6.45, 7) is -0.368. The van der Waals surface area contributed by atoms with Crippen LogP contribution in [0.2, 0.25) is 5.02 Å². The van der Waals surface area contributed by atoms with Crippen LogP contribution in [0.3, 0.4) is 0 Å². The number of primary amides is 1. The van der Waals surface area contributed by atoms with Gasteiger partial charge in [0.05, 0.1) is 17.1 Å². The highest BCUT2D eigenvalue weighted by molar-refractivity contribution is 6.30. The minimum Gasteiger partial charge on any atom is -0.364 e. The number of carbonyl (C=O) groups excluding carboxylic acids is 3. The van der Waals surface area contributed by atoms with E-state index >= 15 is 0 Å². The molecule has 0 atom stereocenters. The smallest absolute Gasteiger partial charge is 0.269 e. The number of benzene rings is 2.